The Labute approximate surface area is 468 Å². The van der Waals surface area contributed by atoms with Gasteiger partial charge in [0.15, 0.2) is 47.5 Å². The van der Waals surface area contributed by atoms with E-state index in [2.05, 4.69) is 48.5 Å². The molecule has 3 aliphatic rings. The average Bonchev–Trinajstić information content (AvgIpc) is 1.88. The van der Waals surface area contributed by atoms with E-state index in [1.807, 2.05) is 0 Å². The van der Waals surface area contributed by atoms with Gasteiger partial charge in [0, 0.05) is 26.4 Å². The van der Waals surface area contributed by atoms with Crippen LogP contribution in [-0.4, -0.2) is 182 Å². The van der Waals surface area contributed by atoms with Crippen molar-refractivity contribution in [2.45, 2.75) is 73.5 Å². The van der Waals surface area contributed by atoms with Crippen LogP contribution in [0.15, 0.2) is 65.2 Å². The number of nitrogens with one attached hydrogen (secondary N) is 2. The van der Waals surface area contributed by atoms with Gasteiger partial charge in [-0.05, 0) is 12.1 Å². The number of carbonyl (C=O) groups is 1. The van der Waals surface area contributed by atoms with Crippen molar-refractivity contribution in [3.05, 3.63) is 76.3 Å². The number of benzene rings is 1. The number of aromatic nitrogens is 12. The molecule has 454 valence electrons. The number of ether oxygens (including phenoxy) is 4. The van der Waals surface area contributed by atoms with E-state index in [1.54, 1.807) is 18.2 Å². The van der Waals surface area contributed by atoms with Gasteiger partial charge >= 0.3 is 36.7 Å². The van der Waals surface area contributed by atoms with Crippen LogP contribution in [0, 0.1) is 5.92 Å². The first-order chi connectivity index (χ1) is 39.5. The summed E-state index contributed by atoms with van der Waals surface area (Å²) in [4.78, 5) is 113. The van der Waals surface area contributed by atoms with Crippen LogP contribution < -0.4 is 37.6 Å². The molecule has 3 aliphatic heterocycles. The SMILES string of the molecule is CN(C)C(=O)C[C@@H]1[C@@H](COP(=O)(O)OP(=O)(O)OP(=O)(O)OC[C@H]2O[C@@H](n3cnc4c(N)ncnc43)[C@H](Oc3ccccc3)[C@@H]2P(=O)(O)OC[C@H]2O[C@@H](n3cnc4c(=O)[nH]c(N)nc43)[C@H](O)[C@@H]2O)OC([n+]2cn(C)c3c(=O)[nH]c(N)nc32)[C@@H]1O. The lowest BCUT2D eigenvalue weighted by molar-refractivity contribution is -0.745. The molecule has 16 atom stereocenters. The molecule has 39 nitrogen and oxygen atoms in total. The highest BCUT2D eigenvalue weighted by atomic mass is 31.3. The zero-order valence-electron chi connectivity index (χ0n) is 43.6. The first-order valence-electron chi connectivity index (χ1n) is 24.5. The maximum Gasteiger partial charge on any atom is 0.490 e. The molecule has 5 unspecified atom stereocenters. The summed E-state index contributed by atoms with van der Waals surface area (Å²) in [5.74, 6) is -2.50. The van der Waals surface area contributed by atoms with E-state index in [4.69, 9.17) is 49.7 Å². The maximum atomic E-state index is 14.9. The van der Waals surface area contributed by atoms with Gasteiger partial charge in [0.25, 0.3) is 17.1 Å². The lowest BCUT2D eigenvalue weighted by atomic mass is 9.94. The number of amides is 1. The number of phosphoric ester groups is 2. The summed E-state index contributed by atoms with van der Waals surface area (Å²) < 4.78 is 109. The lowest BCUT2D eigenvalue weighted by Gasteiger charge is -2.29. The minimum atomic E-state index is -6.29. The number of phosphoric acid groups is 3. The van der Waals surface area contributed by atoms with Crippen molar-refractivity contribution in [2.24, 2.45) is 13.0 Å². The van der Waals surface area contributed by atoms with Crippen LogP contribution in [0.3, 0.4) is 0 Å². The van der Waals surface area contributed by atoms with Crippen molar-refractivity contribution in [1.82, 2.24) is 58.5 Å². The van der Waals surface area contributed by atoms with Gasteiger partial charge in [0.2, 0.25) is 23.6 Å². The Bertz CT molecular complexity index is 3960. The van der Waals surface area contributed by atoms with Crippen LogP contribution in [0.1, 0.15) is 25.1 Å². The molecule has 0 spiro atoms. The third-order valence-corrected chi connectivity index (χ3v) is 19.7. The highest BCUT2D eigenvalue weighted by molar-refractivity contribution is 7.66. The first kappa shape index (κ1) is 60.6. The monoisotopic (exact) mass is 1260 g/mol. The largest absolute Gasteiger partial charge is 0.490 e. The minimum absolute atomic E-state index is 0.0112. The molecule has 84 heavy (non-hydrogen) atoms. The van der Waals surface area contributed by atoms with E-state index in [0.29, 0.717) is 0 Å². The molecule has 10 rings (SSSR count). The number of hydrogen-bond acceptors (Lipinski definition) is 28. The Morgan fingerprint density at radius 3 is 2.01 bits per heavy atom. The van der Waals surface area contributed by atoms with Crippen molar-refractivity contribution in [3.63, 3.8) is 0 Å². The van der Waals surface area contributed by atoms with E-state index in [-0.39, 0.29) is 57.0 Å². The highest BCUT2D eigenvalue weighted by Gasteiger charge is 2.59. The molecular formula is C41H53N16O23P4+. The summed E-state index contributed by atoms with van der Waals surface area (Å²) in [6.45, 7) is -3.41. The van der Waals surface area contributed by atoms with E-state index in [9.17, 15) is 67.5 Å². The molecule has 1 amide bonds. The average molecular weight is 1260 g/mol. The summed E-state index contributed by atoms with van der Waals surface area (Å²) in [7, 11) is -19.4. The normalized spacial score (nSPS) is 28.3. The number of aliphatic hydroxyl groups excluding tert-OH is 3. The molecule has 3 fully saturated rings. The van der Waals surface area contributed by atoms with Gasteiger partial charge in [-0.15, -0.1) is 0 Å². The second kappa shape index (κ2) is 23.0. The summed E-state index contributed by atoms with van der Waals surface area (Å²) in [5.41, 5.74) is 13.6. The second-order valence-electron chi connectivity index (χ2n) is 19.3. The smallest absolute Gasteiger partial charge is 0.485 e. The molecule has 1 aromatic carbocycles. The Hall–Kier alpha value is -6.54. The van der Waals surface area contributed by atoms with Crippen molar-refractivity contribution in [3.8, 4) is 5.75 Å². The zero-order chi connectivity index (χ0) is 60.5. The van der Waals surface area contributed by atoms with E-state index in [1.165, 1.54) is 58.2 Å². The van der Waals surface area contributed by atoms with Crippen molar-refractivity contribution in [2.75, 3.05) is 51.1 Å². The molecule has 43 heteroatoms. The van der Waals surface area contributed by atoms with Crippen molar-refractivity contribution in [1.29, 1.82) is 0 Å². The minimum Gasteiger partial charge on any atom is -0.485 e. The van der Waals surface area contributed by atoms with Gasteiger partial charge in [-0.3, -0.25) is 51.7 Å². The van der Waals surface area contributed by atoms with Crippen LogP contribution >= 0.6 is 31.1 Å². The summed E-state index contributed by atoms with van der Waals surface area (Å²) in [5, 5.41) is 33.8. The molecule has 0 bridgehead atoms. The van der Waals surface area contributed by atoms with Gasteiger partial charge in [0.1, 0.15) is 53.8 Å². The number of hydrogen-bond donors (Lipinski definition) is 12. The van der Waals surface area contributed by atoms with Crippen LogP contribution in [-0.2, 0) is 66.5 Å². The van der Waals surface area contributed by atoms with Crippen LogP contribution in [0.5, 0.6) is 5.75 Å². The molecular weight excluding hydrogens is 1210 g/mol. The lowest BCUT2D eigenvalue weighted by Crippen LogP contribution is -2.45. The molecule has 0 aliphatic carbocycles. The zero-order valence-corrected chi connectivity index (χ0v) is 47.1. The number of nitrogens with two attached hydrogens (primary N) is 3. The van der Waals surface area contributed by atoms with Gasteiger partial charge in [-0.25, -0.2) is 38.2 Å². The number of nitrogen functional groups attached to an aromatic ring is 3. The van der Waals surface area contributed by atoms with Crippen molar-refractivity contribution < 1.29 is 104 Å². The number of fused-ring (bicyclic) bond motifs is 3. The van der Waals surface area contributed by atoms with Crippen LogP contribution in [0.4, 0.5) is 17.7 Å². The van der Waals surface area contributed by atoms with Gasteiger partial charge < -0.3 is 80.5 Å². The number of rotatable bonds is 21. The highest BCUT2D eigenvalue weighted by Crippen LogP contribution is 2.68. The molecule has 0 saturated carbocycles. The third-order valence-electron chi connectivity index (χ3n) is 13.6. The number of para-hydroxylation sites is 1. The summed E-state index contributed by atoms with van der Waals surface area (Å²) in [6.07, 6.45) is -12.6. The number of aryl methyl sites for hydroxylation is 1. The number of imidazole rings is 3. The predicted octanol–water partition coefficient (Wildman–Crippen LogP) is -2.48. The fourth-order valence-electron chi connectivity index (χ4n) is 9.74. The number of aromatic amines is 2. The fourth-order valence-corrected chi connectivity index (χ4v) is 15.0. The maximum absolute atomic E-state index is 14.9. The summed E-state index contributed by atoms with van der Waals surface area (Å²) in [6, 6.07) is 7.59. The molecule has 15 N–H and O–H groups in total. The molecule has 7 aromatic rings. The standard InChI is InChI=1S/C41H52N16O23P4/c1-53(2)22(58)9-18-19(76-37(26(18)59)57-16-54(3)25-34(57)50-41(44)52-36(25)63)10-73-82(66,67)79-84(70,71)80-83(68,69)74-12-21-30(29(75-17-7-5-4-6-8-17)39(78-21)55-14-47-23-31(42)45-13-46-32(23)55)81(64,65)72-11-20-27(60)28(61)38(77-20)56-15-48-24-33(56)49-40(43)51-35(24)62/h4-8,13-16,18-21,26-30,37-39,59-61H,9-12H2,1-3H3,(H11-,42,43,44,45,46,49,50,51,52,62,63,64,65,66,67,68,69,70,71)/p+1/t18-,19-,20-,21-,26-,27-,28-,29-,30-,37?,38-,39-/m1/s1. The van der Waals surface area contributed by atoms with E-state index >= 15 is 0 Å². The quantitative estimate of drug-likeness (QED) is 0.0262. The number of aliphatic hydroxyl groups is 3. The number of nitrogens with zero attached hydrogens (tertiary/aromatic N) is 11. The van der Waals surface area contributed by atoms with Crippen LogP contribution in [0.25, 0.3) is 33.5 Å². The number of carbonyl (C=O) groups excluding carboxylic acids is 1. The third kappa shape index (κ3) is 12.2. The van der Waals surface area contributed by atoms with E-state index in [0.717, 1.165) is 23.5 Å². The Morgan fingerprint density at radius 2 is 1.33 bits per heavy atom. The van der Waals surface area contributed by atoms with Gasteiger partial charge in [-0.2, -0.15) is 13.6 Å². The van der Waals surface area contributed by atoms with E-state index < -0.39 is 147 Å². The first-order valence-corrected chi connectivity index (χ1v) is 30.7. The number of anilines is 3. The van der Waals surface area contributed by atoms with Crippen LogP contribution in [0.2, 0.25) is 0 Å². The van der Waals surface area contributed by atoms with Gasteiger partial charge in [0.05, 0.1) is 45.6 Å². The topological polar surface area (TPSA) is 553 Å². The fraction of sp³-hybridized carbons (Fsp3) is 0.463. The molecule has 0 radical (unpaired) electrons. The van der Waals surface area contributed by atoms with Gasteiger partial charge in [-0.1, -0.05) is 23.2 Å². The Morgan fingerprint density at radius 1 is 0.726 bits per heavy atom. The molecule has 6 aromatic heterocycles. The van der Waals surface area contributed by atoms with Crippen molar-refractivity contribution >= 4 is 88.2 Å². The molecule has 3 saturated heterocycles. The molecule has 9 heterocycles. The number of H-pyrrole nitrogens is 2. The Balaban J connectivity index is 0.874. The Kier molecular flexibility index (Phi) is 16.6. The second-order valence-corrected chi connectivity index (χ2v) is 26.0. The predicted molar refractivity (Wildman–Crippen MR) is 279 cm³/mol. The summed E-state index contributed by atoms with van der Waals surface area (Å²) >= 11 is 0.